The van der Waals surface area contributed by atoms with Gasteiger partial charge in [0.15, 0.2) is 0 Å². The van der Waals surface area contributed by atoms with Gasteiger partial charge in [0.2, 0.25) is 11.8 Å². The molecule has 2 amide bonds. The Morgan fingerprint density at radius 2 is 1.17 bits per heavy atom. The van der Waals surface area contributed by atoms with E-state index in [2.05, 4.69) is 49.2 Å². The summed E-state index contributed by atoms with van der Waals surface area (Å²) in [4.78, 5) is 28.8. The van der Waals surface area contributed by atoms with Crippen LogP contribution < -0.4 is 0 Å². The molecule has 1 aliphatic heterocycles. The van der Waals surface area contributed by atoms with Crippen LogP contribution in [-0.2, 0) is 9.59 Å². The lowest BCUT2D eigenvalue weighted by molar-refractivity contribution is -0.870. The summed E-state index contributed by atoms with van der Waals surface area (Å²) in [6.45, 7) is 14.1. The van der Waals surface area contributed by atoms with Gasteiger partial charge in [0.05, 0.1) is 55.4 Å². The molecule has 0 spiro atoms. The molecule has 0 saturated carbocycles. The van der Waals surface area contributed by atoms with Crippen LogP contribution in [0.15, 0.2) is 0 Å². The van der Waals surface area contributed by atoms with Gasteiger partial charge in [-0.25, -0.2) is 0 Å². The molecule has 0 bridgehead atoms. The van der Waals surface area contributed by atoms with Crippen LogP contribution in [0.4, 0.5) is 0 Å². The second-order valence-electron chi connectivity index (χ2n) is 9.51. The number of amides is 2. The fourth-order valence-electron chi connectivity index (χ4n) is 3.27. The number of carbonyl (C=O) groups is 2. The van der Waals surface area contributed by atoms with Crippen LogP contribution in [0.2, 0.25) is 0 Å². The summed E-state index contributed by atoms with van der Waals surface area (Å²) in [6.07, 6.45) is 3.05. The molecule has 1 atom stereocenters. The van der Waals surface area contributed by atoms with Crippen LogP contribution in [0.3, 0.4) is 0 Å². The van der Waals surface area contributed by atoms with Gasteiger partial charge in [-0.05, 0) is 6.92 Å². The van der Waals surface area contributed by atoms with Crippen LogP contribution in [0.5, 0.6) is 0 Å². The summed E-state index contributed by atoms with van der Waals surface area (Å²) < 4.78 is 1.78. The average Bonchev–Trinajstić information content (AvgIpc) is 2.62. The minimum absolute atomic E-state index is 0.118. The largest absolute Gasteiger partial charge is 0.339 e. The van der Waals surface area contributed by atoms with E-state index in [1.165, 1.54) is 0 Å². The number of quaternary nitrogens is 2. The van der Waals surface area contributed by atoms with Gasteiger partial charge in [-0.15, -0.1) is 0 Å². The van der Waals surface area contributed by atoms with Gasteiger partial charge in [0.1, 0.15) is 0 Å². The van der Waals surface area contributed by atoms with E-state index in [4.69, 9.17) is 0 Å². The number of rotatable bonds is 8. The fourth-order valence-corrected chi connectivity index (χ4v) is 3.27. The molecule has 6 heteroatoms. The van der Waals surface area contributed by atoms with Crippen LogP contribution in [0.1, 0.15) is 60.3 Å². The molecule has 0 radical (unpaired) electrons. The third kappa shape index (κ3) is 14.5. The number of hydrogen-bond donors (Lipinski definition) is 0. The standard InChI is InChI=1S/C19H40N4O2.2C2H6/c1-17-16-20(18(24)10-8-14-22(2,3)4)12-13-21(17)19(25)11-9-15-23(5,6)7;2*1-2/h17H,8-16H2,1-7H3;2*1-2H3/q+2;;. The first-order valence-electron chi connectivity index (χ1n) is 11.6. The molecule has 1 rings (SSSR count). The highest BCUT2D eigenvalue weighted by Gasteiger charge is 2.29. The molecule has 1 aliphatic rings. The maximum Gasteiger partial charge on any atom is 0.223 e. The molecule has 29 heavy (non-hydrogen) atoms. The Morgan fingerprint density at radius 1 is 0.759 bits per heavy atom. The topological polar surface area (TPSA) is 40.6 Å². The molecular weight excluding hydrogens is 364 g/mol. The van der Waals surface area contributed by atoms with Gasteiger partial charge in [0.25, 0.3) is 0 Å². The Hall–Kier alpha value is -1.14. The van der Waals surface area contributed by atoms with Crippen molar-refractivity contribution >= 4 is 11.8 Å². The lowest BCUT2D eigenvalue weighted by Crippen LogP contribution is -2.55. The summed E-state index contributed by atoms with van der Waals surface area (Å²) in [5, 5.41) is 0. The lowest BCUT2D eigenvalue weighted by Gasteiger charge is -2.40. The Bertz CT molecular complexity index is 453. The molecule has 0 aliphatic carbocycles. The van der Waals surface area contributed by atoms with Gasteiger partial charge < -0.3 is 18.8 Å². The highest BCUT2D eigenvalue weighted by atomic mass is 16.2. The van der Waals surface area contributed by atoms with Crippen LogP contribution in [-0.4, -0.2) is 112 Å². The molecule has 1 unspecified atom stereocenters. The van der Waals surface area contributed by atoms with E-state index in [1.807, 2.05) is 37.5 Å². The first-order valence-corrected chi connectivity index (χ1v) is 11.6. The van der Waals surface area contributed by atoms with Crippen molar-refractivity contribution in [3.05, 3.63) is 0 Å². The van der Waals surface area contributed by atoms with Crippen molar-refractivity contribution in [1.82, 2.24) is 9.80 Å². The normalized spacial score (nSPS) is 17.0. The minimum Gasteiger partial charge on any atom is -0.339 e. The highest BCUT2D eigenvalue weighted by Crippen LogP contribution is 2.14. The number of nitrogens with zero attached hydrogens (tertiary/aromatic N) is 4. The first kappa shape index (κ1) is 30.1. The summed E-state index contributed by atoms with van der Waals surface area (Å²) in [5.74, 6) is 0.468. The summed E-state index contributed by atoms with van der Waals surface area (Å²) in [6, 6.07) is 0.118. The minimum atomic E-state index is 0.118. The predicted molar refractivity (Wildman–Crippen MR) is 125 cm³/mol. The van der Waals surface area contributed by atoms with Gasteiger partial charge in [-0.2, -0.15) is 0 Å². The van der Waals surface area contributed by atoms with Crippen molar-refractivity contribution in [2.75, 3.05) is 75.0 Å². The molecule has 0 aromatic rings. The summed E-state index contributed by atoms with van der Waals surface area (Å²) in [7, 11) is 12.9. The second-order valence-corrected chi connectivity index (χ2v) is 9.51. The Balaban J connectivity index is 0. The molecular formula is C23H52N4O2+2. The molecule has 6 nitrogen and oxygen atoms in total. The smallest absolute Gasteiger partial charge is 0.223 e. The lowest BCUT2D eigenvalue weighted by atomic mass is 10.1. The monoisotopic (exact) mass is 416 g/mol. The molecule has 174 valence electrons. The van der Waals surface area contributed by atoms with Crippen molar-refractivity contribution in [2.24, 2.45) is 0 Å². The van der Waals surface area contributed by atoms with Crippen LogP contribution in [0.25, 0.3) is 0 Å². The van der Waals surface area contributed by atoms with Gasteiger partial charge in [-0.3, -0.25) is 9.59 Å². The molecule has 1 fully saturated rings. The zero-order valence-corrected chi connectivity index (χ0v) is 21.5. The molecule has 0 aromatic carbocycles. The van der Waals surface area contributed by atoms with Crippen molar-refractivity contribution < 1.29 is 18.6 Å². The molecule has 0 N–H and O–H groups in total. The Kier molecular flexibility index (Phi) is 15.3. The van der Waals surface area contributed by atoms with Crippen LogP contribution >= 0.6 is 0 Å². The average molecular weight is 417 g/mol. The summed E-state index contributed by atoms with van der Waals surface area (Å²) in [5.41, 5.74) is 0. The van der Waals surface area contributed by atoms with E-state index in [-0.39, 0.29) is 17.9 Å². The van der Waals surface area contributed by atoms with Crippen molar-refractivity contribution in [1.29, 1.82) is 0 Å². The van der Waals surface area contributed by atoms with E-state index in [0.29, 0.717) is 32.5 Å². The van der Waals surface area contributed by atoms with E-state index >= 15 is 0 Å². The number of carbonyl (C=O) groups excluding carboxylic acids is 2. The van der Waals surface area contributed by atoms with Gasteiger partial charge in [-0.1, -0.05) is 27.7 Å². The quantitative estimate of drug-likeness (QED) is 0.571. The zero-order chi connectivity index (χ0) is 23.3. The van der Waals surface area contributed by atoms with Crippen LogP contribution in [0, 0.1) is 0 Å². The highest BCUT2D eigenvalue weighted by molar-refractivity contribution is 5.78. The van der Waals surface area contributed by atoms with E-state index in [9.17, 15) is 9.59 Å². The zero-order valence-electron chi connectivity index (χ0n) is 21.5. The molecule has 0 aromatic heterocycles. The number of piperazine rings is 1. The SMILES string of the molecule is CC.CC.CC1CN(C(=O)CCC[N+](C)(C)C)CCN1C(=O)CCC[N+](C)(C)C. The van der Waals surface area contributed by atoms with Gasteiger partial charge >= 0.3 is 0 Å². The maximum absolute atomic E-state index is 12.5. The van der Waals surface area contributed by atoms with E-state index in [0.717, 1.165) is 34.9 Å². The predicted octanol–water partition coefficient (Wildman–Crippen LogP) is 3.07. The number of hydrogen-bond acceptors (Lipinski definition) is 2. The maximum atomic E-state index is 12.5. The summed E-state index contributed by atoms with van der Waals surface area (Å²) >= 11 is 0. The molecule has 1 heterocycles. The van der Waals surface area contributed by atoms with Gasteiger partial charge in [0, 0.05) is 51.4 Å². The van der Waals surface area contributed by atoms with Crippen molar-refractivity contribution in [3.63, 3.8) is 0 Å². The third-order valence-electron chi connectivity index (χ3n) is 4.74. The second kappa shape index (κ2) is 14.8. The fraction of sp³-hybridized carbons (Fsp3) is 0.913. The third-order valence-corrected chi connectivity index (χ3v) is 4.74. The van der Waals surface area contributed by atoms with Crippen molar-refractivity contribution in [3.8, 4) is 0 Å². The Morgan fingerprint density at radius 3 is 1.55 bits per heavy atom. The first-order chi connectivity index (χ1) is 13.4. The Labute approximate surface area is 182 Å². The molecule has 1 saturated heterocycles. The van der Waals surface area contributed by atoms with E-state index < -0.39 is 0 Å². The van der Waals surface area contributed by atoms with E-state index in [1.54, 1.807) is 0 Å². The van der Waals surface area contributed by atoms with Crippen molar-refractivity contribution in [2.45, 2.75) is 66.3 Å².